The van der Waals surface area contributed by atoms with Gasteiger partial charge in [0.05, 0.1) is 20.8 Å². The molecule has 1 saturated carbocycles. The van der Waals surface area contributed by atoms with Gasteiger partial charge in [-0.05, 0) is 0 Å². The third-order valence-electron chi connectivity index (χ3n) is 2.76. The SMILES string of the molecule is ClC1=C(Cl)[C@]2(Cl)[C@H](Cl)[C@H](Cl)[C@@]1(Cl)C2(Cl)Cl. The maximum Gasteiger partial charge on any atom is 0.169 e. The van der Waals surface area contributed by atoms with Crippen LogP contribution < -0.4 is 0 Å². The monoisotopic (exact) mass is 366 g/mol. The Hall–Kier alpha value is 2.06. The molecular formula is C7H2Cl8. The molecule has 0 saturated heterocycles. The van der Waals surface area contributed by atoms with E-state index in [0.717, 1.165) is 0 Å². The molecular weight excluding hydrogens is 368 g/mol. The van der Waals surface area contributed by atoms with E-state index in [2.05, 4.69) is 0 Å². The van der Waals surface area contributed by atoms with Crippen molar-refractivity contribution < 1.29 is 0 Å². The topological polar surface area (TPSA) is 0 Å². The molecule has 0 amide bonds. The van der Waals surface area contributed by atoms with Gasteiger partial charge in [0.2, 0.25) is 0 Å². The van der Waals surface area contributed by atoms with Crippen molar-refractivity contribution in [2.45, 2.75) is 24.8 Å². The highest BCUT2D eigenvalue weighted by molar-refractivity contribution is 6.68. The fraction of sp³-hybridized carbons (Fsp3) is 0.714. The molecule has 2 bridgehead atoms. The number of allylic oxidation sites excluding steroid dienone is 2. The summed E-state index contributed by atoms with van der Waals surface area (Å²) in [4.78, 5) is -2.91. The number of alkyl halides is 6. The summed E-state index contributed by atoms with van der Waals surface area (Å²) in [5.74, 6) is 0. The molecule has 2 aliphatic rings. The summed E-state index contributed by atoms with van der Waals surface area (Å²) < 4.78 is -1.64. The molecule has 0 nitrogen and oxygen atoms in total. The lowest BCUT2D eigenvalue weighted by molar-refractivity contribution is 0.685. The van der Waals surface area contributed by atoms with Crippen molar-refractivity contribution >= 4 is 92.8 Å². The summed E-state index contributed by atoms with van der Waals surface area (Å²) >= 11 is 48.7. The van der Waals surface area contributed by atoms with Gasteiger partial charge in [-0.25, -0.2) is 0 Å². The normalized spacial score (nSPS) is 52.8. The smallest absolute Gasteiger partial charge is 0.119 e. The summed E-state index contributed by atoms with van der Waals surface area (Å²) in [7, 11) is 0. The predicted octanol–water partition coefficient (Wildman–Crippen LogP) is 5.05. The van der Waals surface area contributed by atoms with E-state index in [0.29, 0.717) is 0 Å². The molecule has 0 radical (unpaired) electrons. The molecule has 2 aliphatic carbocycles. The van der Waals surface area contributed by atoms with Crippen LogP contribution in [0.1, 0.15) is 0 Å². The predicted molar refractivity (Wildman–Crippen MR) is 69.6 cm³/mol. The first-order valence-electron chi connectivity index (χ1n) is 3.73. The number of rotatable bonds is 0. The van der Waals surface area contributed by atoms with Gasteiger partial charge in [-0.15, -0.1) is 46.4 Å². The lowest BCUT2D eigenvalue weighted by Crippen LogP contribution is -2.45. The minimum absolute atomic E-state index is 0.0581. The zero-order chi connectivity index (χ0) is 11.8. The third kappa shape index (κ3) is 1.17. The van der Waals surface area contributed by atoms with E-state index in [4.69, 9.17) is 92.8 Å². The van der Waals surface area contributed by atoms with Gasteiger partial charge in [0.25, 0.3) is 0 Å². The molecule has 0 aromatic rings. The minimum atomic E-state index is -1.64. The number of halogens is 8. The van der Waals surface area contributed by atoms with Gasteiger partial charge < -0.3 is 0 Å². The number of hydrogen-bond acceptors (Lipinski definition) is 0. The first-order valence-corrected chi connectivity index (χ1v) is 6.87. The van der Waals surface area contributed by atoms with Gasteiger partial charge in [-0.1, -0.05) is 46.4 Å². The van der Waals surface area contributed by atoms with Crippen LogP contribution in [0.4, 0.5) is 0 Å². The molecule has 0 aliphatic heterocycles. The quantitative estimate of drug-likeness (QED) is 0.524. The summed E-state index contributed by atoms with van der Waals surface area (Å²) in [6.45, 7) is 0. The van der Waals surface area contributed by atoms with Crippen LogP contribution in [0.3, 0.4) is 0 Å². The Kier molecular flexibility index (Phi) is 3.19. The molecule has 4 atom stereocenters. The Morgan fingerprint density at radius 2 is 1.00 bits per heavy atom. The zero-order valence-electron chi connectivity index (χ0n) is 6.68. The van der Waals surface area contributed by atoms with Gasteiger partial charge in [-0.2, -0.15) is 0 Å². The largest absolute Gasteiger partial charge is 0.169 e. The van der Waals surface area contributed by atoms with Crippen LogP contribution in [-0.4, -0.2) is 24.8 Å². The van der Waals surface area contributed by atoms with E-state index in [1.54, 1.807) is 0 Å². The van der Waals surface area contributed by atoms with Gasteiger partial charge >= 0.3 is 0 Å². The van der Waals surface area contributed by atoms with Crippen molar-refractivity contribution in [3.05, 3.63) is 10.1 Å². The van der Waals surface area contributed by atoms with Crippen LogP contribution in [0.15, 0.2) is 10.1 Å². The number of hydrogen-bond donors (Lipinski definition) is 0. The van der Waals surface area contributed by atoms with Crippen molar-refractivity contribution in [1.29, 1.82) is 0 Å². The van der Waals surface area contributed by atoms with Crippen LogP contribution >= 0.6 is 92.8 Å². The molecule has 8 heteroatoms. The van der Waals surface area contributed by atoms with E-state index in [-0.39, 0.29) is 10.1 Å². The first-order chi connectivity index (χ1) is 6.63. The highest BCUT2D eigenvalue weighted by Crippen LogP contribution is 2.74. The fourth-order valence-corrected chi connectivity index (χ4v) is 5.98. The van der Waals surface area contributed by atoms with Crippen LogP contribution in [0.5, 0.6) is 0 Å². The fourth-order valence-electron chi connectivity index (χ4n) is 1.85. The Balaban J connectivity index is 2.76. The van der Waals surface area contributed by atoms with Crippen molar-refractivity contribution in [2.24, 2.45) is 0 Å². The average molecular weight is 370 g/mol. The van der Waals surface area contributed by atoms with E-state index >= 15 is 0 Å². The lowest BCUT2D eigenvalue weighted by atomic mass is 10.1. The lowest BCUT2D eigenvalue weighted by Gasteiger charge is -2.31. The second-order valence-corrected chi connectivity index (χ2v) is 7.65. The van der Waals surface area contributed by atoms with E-state index < -0.39 is 24.8 Å². The first kappa shape index (κ1) is 13.5. The second-order valence-electron chi connectivity index (χ2n) is 3.43. The highest BCUT2D eigenvalue weighted by Gasteiger charge is 2.82. The average Bonchev–Trinajstić information content (AvgIpc) is 2.34. The maximum absolute atomic E-state index is 6.23. The van der Waals surface area contributed by atoms with Crippen LogP contribution in [0.2, 0.25) is 0 Å². The molecule has 1 fully saturated rings. The van der Waals surface area contributed by atoms with Crippen molar-refractivity contribution in [3.8, 4) is 0 Å². The minimum Gasteiger partial charge on any atom is -0.119 e. The van der Waals surface area contributed by atoms with Gasteiger partial charge in [0, 0.05) is 0 Å². The third-order valence-corrected chi connectivity index (χ3v) is 8.53. The maximum atomic E-state index is 6.23. The molecule has 0 aromatic heterocycles. The molecule has 0 unspecified atom stereocenters. The second kappa shape index (κ2) is 3.54. The van der Waals surface area contributed by atoms with Gasteiger partial charge in [-0.3, -0.25) is 0 Å². The van der Waals surface area contributed by atoms with E-state index in [1.807, 2.05) is 0 Å². The van der Waals surface area contributed by atoms with Crippen molar-refractivity contribution in [1.82, 2.24) is 0 Å². The van der Waals surface area contributed by atoms with Gasteiger partial charge in [0.15, 0.2) is 4.33 Å². The molecule has 0 spiro atoms. The Morgan fingerprint density at radius 3 is 1.20 bits per heavy atom. The molecule has 86 valence electrons. The number of fused-ring (bicyclic) bond motifs is 2. The molecule has 0 heterocycles. The Labute approximate surface area is 127 Å². The highest BCUT2D eigenvalue weighted by atomic mass is 35.5. The molecule has 2 rings (SSSR count). The standard InChI is InChI=1S/C7H2Cl8/c8-1-2(9)6(13)4(11)3(10)5(1,12)7(6,14)15/h1-2H/t1-,2+,5-,6+. The molecule has 0 N–H and O–H groups in total. The van der Waals surface area contributed by atoms with Crippen LogP contribution in [0, 0.1) is 0 Å². The van der Waals surface area contributed by atoms with Crippen molar-refractivity contribution in [2.75, 3.05) is 0 Å². The Morgan fingerprint density at radius 1 is 0.733 bits per heavy atom. The van der Waals surface area contributed by atoms with Crippen LogP contribution in [-0.2, 0) is 0 Å². The summed E-state index contributed by atoms with van der Waals surface area (Å²) in [5, 5.41) is -1.49. The molecule has 0 aromatic carbocycles. The summed E-state index contributed by atoms with van der Waals surface area (Å²) in [5.41, 5.74) is 0. The van der Waals surface area contributed by atoms with E-state index in [1.165, 1.54) is 0 Å². The Bertz CT molecular complexity index is 330. The molecule has 15 heavy (non-hydrogen) atoms. The van der Waals surface area contributed by atoms with Gasteiger partial charge in [0.1, 0.15) is 9.75 Å². The van der Waals surface area contributed by atoms with E-state index in [9.17, 15) is 0 Å². The summed E-state index contributed by atoms with van der Waals surface area (Å²) in [6, 6.07) is 0. The van der Waals surface area contributed by atoms with Crippen LogP contribution in [0.25, 0.3) is 0 Å². The van der Waals surface area contributed by atoms with Crippen molar-refractivity contribution in [3.63, 3.8) is 0 Å². The zero-order valence-corrected chi connectivity index (χ0v) is 12.7. The summed E-state index contributed by atoms with van der Waals surface area (Å²) in [6.07, 6.45) is 0.